The largest absolute Gasteiger partial charge is 0.472 e. The number of nitrogens with one attached hydrogen (secondary N) is 1. The summed E-state index contributed by atoms with van der Waals surface area (Å²) < 4.78 is 4.98. The summed E-state index contributed by atoms with van der Waals surface area (Å²) in [7, 11) is 0. The average molecular weight is 343 g/mol. The third-order valence-corrected chi connectivity index (χ3v) is 3.68. The van der Waals surface area contributed by atoms with Crippen LogP contribution in [0.25, 0.3) is 0 Å². The monoisotopic (exact) mass is 343 g/mol. The third kappa shape index (κ3) is 6.41. The van der Waals surface area contributed by atoms with E-state index in [2.05, 4.69) is 10.3 Å². The second-order valence-electron chi connectivity index (χ2n) is 6.33. The molecule has 2 rings (SSSR count). The molecule has 134 valence electrons. The van der Waals surface area contributed by atoms with Crippen LogP contribution in [0.3, 0.4) is 0 Å². The zero-order valence-electron chi connectivity index (χ0n) is 14.8. The van der Waals surface area contributed by atoms with Gasteiger partial charge in [0.2, 0.25) is 5.91 Å². The molecule has 0 aromatic carbocycles. The van der Waals surface area contributed by atoms with Crippen LogP contribution in [0.2, 0.25) is 0 Å². The van der Waals surface area contributed by atoms with Gasteiger partial charge in [0.1, 0.15) is 6.26 Å². The van der Waals surface area contributed by atoms with Crippen molar-refractivity contribution in [1.29, 1.82) is 0 Å². The van der Waals surface area contributed by atoms with E-state index in [-0.39, 0.29) is 18.2 Å². The lowest BCUT2D eigenvalue weighted by Gasteiger charge is -2.24. The summed E-state index contributed by atoms with van der Waals surface area (Å²) in [6.45, 7) is 5.61. The highest BCUT2D eigenvalue weighted by Gasteiger charge is 2.18. The highest BCUT2D eigenvalue weighted by molar-refractivity contribution is 5.94. The van der Waals surface area contributed by atoms with Crippen LogP contribution >= 0.6 is 0 Å². The second-order valence-corrected chi connectivity index (χ2v) is 6.33. The minimum Gasteiger partial charge on any atom is -0.472 e. The molecule has 2 amide bonds. The van der Waals surface area contributed by atoms with Crippen LogP contribution in [0.1, 0.15) is 36.3 Å². The van der Waals surface area contributed by atoms with Gasteiger partial charge in [0.25, 0.3) is 5.91 Å². The number of pyridine rings is 1. The zero-order chi connectivity index (χ0) is 18.1. The van der Waals surface area contributed by atoms with Crippen LogP contribution in [0.15, 0.2) is 47.4 Å². The van der Waals surface area contributed by atoms with Crippen molar-refractivity contribution in [3.05, 3.63) is 54.2 Å². The Hall–Kier alpha value is -2.63. The smallest absolute Gasteiger partial charge is 0.257 e. The molecule has 6 nitrogen and oxygen atoms in total. The van der Waals surface area contributed by atoms with Crippen LogP contribution in [0.4, 0.5) is 0 Å². The van der Waals surface area contributed by atoms with E-state index in [0.717, 1.165) is 5.69 Å². The summed E-state index contributed by atoms with van der Waals surface area (Å²) in [5.41, 5.74) is 1.45. The first-order valence-electron chi connectivity index (χ1n) is 8.54. The molecule has 0 aliphatic rings. The summed E-state index contributed by atoms with van der Waals surface area (Å²) >= 11 is 0. The molecule has 0 saturated heterocycles. The molecule has 0 aliphatic heterocycles. The molecular weight excluding hydrogens is 318 g/mol. The van der Waals surface area contributed by atoms with Crippen molar-refractivity contribution in [3.8, 4) is 0 Å². The van der Waals surface area contributed by atoms with Gasteiger partial charge in [-0.25, -0.2) is 0 Å². The molecule has 0 aliphatic carbocycles. The Morgan fingerprint density at radius 1 is 1.28 bits per heavy atom. The lowest BCUT2D eigenvalue weighted by Crippen LogP contribution is -2.37. The molecule has 0 atom stereocenters. The quantitative estimate of drug-likeness (QED) is 0.759. The number of hydrogen-bond donors (Lipinski definition) is 1. The number of rotatable bonds is 9. The first-order chi connectivity index (χ1) is 12.1. The summed E-state index contributed by atoms with van der Waals surface area (Å²) in [5.74, 6) is 0.150. The van der Waals surface area contributed by atoms with E-state index in [1.165, 1.54) is 12.5 Å². The highest BCUT2D eigenvalue weighted by Crippen LogP contribution is 2.09. The van der Waals surface area contributed by atoms with E-state index in [0.29, 0.717) is 37.5 Å². The number of furan rings is 1. The van der Waals surface area contributed by atoms with Crippen LogP contribution in [-0.2, 0) is 11.2 Å². The average Bonchev–Trinajstić information content (AvgIpc) is 3.13. The fourth-order valence-electron chi connectivity index (χ4n) is 2.49. The SMILES string of the molecule is CC(C)CN(CCC(=O)NCCc1ccccn1)C(=O)c1ccoc1. The summed E-state index contributed by atoms with van der Waals surface area (Å²) in [6, 6.07) is 7.36. The zero-order valence-corrected chi connectivity index (χ0v) is 14.8. The number of carbonyl (C=O) groups excluding carboxylic acids is 2. The molecule has 25 heavy (non-hydrogen) atoms. The fourth-order valence-corrected chi connectivity index (χ4v) is 2.49. The van der Waals surface area contributed by atoms with Crippen molar-refractivity contribution in [2.24, 2.45) is 5.92 Å². The van der Waals surface area contributed by atoms with Crippen molar-refractivity contribution in [3.63, 3.8) is 0 Å². The number of nitrogens with zero attached hydrogens (tertiary/aromatic N) is 2. The topological polar surface area (TPSA) is 75.4 Å². The predicted molar refractivity (Wildman–Crippen MR) is 95.0 cm³/mol. The maximum atomic E-state index is 12.5. The second kappa shape index (κ2) is 9.61. The van der Waals surface area contributed by atoms with Gasteiger partial charge in [0.15, 0.2) is 0 Å². The molecule has 0 bridgehead atoms. The van der Waals surface area contributed by atoms with Gasteiger partial charge in [-0.1, -0.05) is 19.9 Å². The van der Waals surface area contributed by atoms with Crippen molar-refractivity contribution in [2.45, 2.75) is 26.7 Å². The normalized spacial score (nSPS) is 10.7. The lowest BCUT2D eigenvalue weighted by atomic mass is 10.1. The van der Waals surface area contributed by atoms with Crippen molar-refractivity contribution in [2.75, 3.05) is 19.6 Å². The molecule has 2 aromatic heterocycles. The van der Waals surface area contributed by atoms with E-state index in [1.807, 2.05) is 32.0 Å². The van der Waals surface area contributed by atoms with E-state index in [9.17, 15) is 9.59 Å². The molecule has 0 fully saturated rings. The minimum absolute atomic E-state index is 0.0651. The molecule has 1 N–H and O–H groups in total. The van der Waals surface area contributed by atoms with Crippen molar-refractivity contribution < 1.29 is 14.0 Å². The van der Waals surface area contributed by atoms with Crippen LogP contribution < -0.4 is 5.32 Å². The maximum absolute atomic E-state index is 12.5. The Morgan fingerprint density at radius 3 is 2.76 bits per heavy atom. The Morgan fingerprint density at radius 2 is 2.12 bits per heavy atom. The van der Waals surface area contributed by atoms with Gasteiger partial charge < -0.3 is 14.6 Å². The van der Waals surface area contributed by atoms with Gasteiger partial charge in [-0.3, -0.25) is 14.6 Å². The Labute approximate surface area is 148 Å². The van der Waals surface area contributed by atoms with E-state index < -0.39 is 0 Å². The molecule has 0 unspecified atom stereocenters. The molecular formula is C19H25N3O3. The third-order valence-electron chi connectivity index (χ3n) is 3.68. The molecule has 2 aromatic rings. The number of carbonyl (C=O) groups is 2. The van der Waals surface area contributed by atoms with Crippen LogP contribution in [-0.4, -0.2) is 41.3 Å². The van der Waals surface area contributed by atoms with Crippen LogP contribution in [0, 0.1) is 5.92 Å². The van der Waals surface area contributed by atoms with Crippen LogP contribution in [0.5, 0.6) is 0 Å². The number of aromatic nitrogens is 1. The first kappa shape index (κ1) is 18.7. The number of hydrogen-bond acceptors (Lipinski definition) is 4. The Balaban J connectivity index is 1.78. The van der Waals surface area contributed by atoms with Crippen molar-refractivity contribution in [1.82, 2.24) is 15.2 Å². The van der Waals surface area contributed by atoms with Gasteiger partial charge >= 0.3 is 0 Å². The summed E-state index contributed by atoms with van der Waals surface area (Å²) in [4.78, 5) is 30.4. The van der Waals surface area contributed by atoms with Gasteiger partial charge in [0, 0.05) is 44.4 Å². The van der Waals surface area contributed by atoms with Gasteiger partial charge in [-0.15, -0.1) is 0 Å². The van der Waals surface area contributed by atoms with Crippen molar-refractivity contribution >= 4 is 11.8 Å². The summed E-state index contributed by atoms with van der Waals surface area (Å²) in [6.07, 6.45) is 5.62. The Bertz CT molecular complexity index is 654. The molecule has 0 spiro atoms. The van der Waals surface area contributed by atoms with E-state index >= 15 is 0 Å². The van der Waals surface area contributed by atoms with E-state index in [4.69, 9.17) is 4.42 Å². The highest BCUT2D eigenvalue weighted by atomic mass is 16.3. The summed E-state index contributed by atoms with van der Waals surface area (Å²) in [5, 5.41) is 2.88. The first-order valence-corrected chi connectivity index (χ1v) is 8.54. The molecule has 0 radical (unpaired) electrons. The number of amides is 2. The lowest BCUT2D eigenvalue weighted by molar-refractivity contribution is -0.121. The van der Waals surface area contributed by atoms with Gasteiger partial charge in [-0.05, 0) is 24.1 Å². The van der Waals surface area contributed by atoms with Gasteiger partial charge in [0.05, 0.1) is 11.8 Å². The standard InChI is InChI=1S/C19H25N3O3/c1-15(2)13-22(19(24)16-8-12-25-14-16)11-7-18(23)21-10-6-17-5-3-4-9-20-17/h3-5,8-9,12,14-15H,6-7,10-11,13H2,1-2H3,(H,21,23). The predicted octanol–water partition coefficient (Wildman–Crippen LogP) is 2.52. The Kier molecular flexibility index (Phi) is 7.19. The fraction of sp³-hybridized carbons (Fsp3) is 0.421. The van der Waals surface area contributed by atoms with Gasteiger partial charge in [-0.2, -0.15) is 0 Å². The van der Waals surface area contributed by atoms with E-state index in [1.54, 1.807) is 17.2 Å². The molecule has 6 heteroatoms. The minimum atomic E-state index is -0.108. The molecule has 2 heterocycles. The maximum Gasteiger partial charge on any atom is 0.257 e. The molecule has 0 saturated carbocycles.